The molecule has 2 rings (SSSR count). The van der Waals surface area contributed by atoms with Crippen molar-refractivity contribution in [2.75, 3.05) is 6.54 Å². The maximum Gasteiger partial charge on any atom is 0.162 e. The van der Waals surface area contributed by atoms with Gasteiger partial charge in [-0.05, 0) is 53.1 Å². The summed E-state index contributed by atoms with van der Waals surface area (Å²) >= 11 is 0. The fraction of sp³-hybridized carbons (Fsp3) is 0.562. The molecule has 0 saturated heterocycles. The van der Waals surface area contributed by atoms with Crippen LogP contribution >= 0.6 is 0 Å². The van der Waals surface area contributed by atoms with E-state index in [2.05, 4.69) is 55.0 Å². The molecule has 2 aromatic rings. The van der Waals surface area contributed by atoms with E-state index in [1.807, 2.05) is 13.2 Å². The molecule has 0 atom stereocenters. The van der Waals surface area contributed by atoms with Gasteiger partial charge in [-0.15, -0.1) is 0 Å². The van der Waals surface area contributed by atoms with Crippen LogP contribution in [0.5, 0.6) is 0 Å². The maximum atomic E-state index is 4.64. The predicted octanol–water partition coefficient (Wildman–Crippen LogP) is 2.42. The molecule has 2 aromatic heterocycles. The van der Waals surface area contributed by atoms with Crippen molar-refractivity contribution in [3.8, 4) is 11.4 Å². The summed E-state index contributed by atoms with van der Waals surface area (Å²) in [5.41, 5.74) is 4.44. The van der Waals surface area contributed by atoms with Gasteiger partial charge in [0, 0.05) is 30.2 Å². The second kappa shape index (κ2) is 5.93. The zero-order valence-corrected chi connectivity index (χ0v) is 13.9. The first-order chi connectivity index (χ1) is 9.76. The summed E-state index contributed by atoms with van der Waals surface area (Å²) in [4.78, 5) is 9.28. The first-order valence-corrected chi connectivity index (χ1v) is 7.34. The molecule has 0 aliphatic rings. The predicted molar refractivity (Wildman–Crippen MR) is 85.2 cm³/mol. The summed E-state index contributed by atoms with van der Waals surface area (Å²) < 4.78 is 1.77. The lowest BCUT2D eigenvalue weighted by molar-refractivity contribution is 0.429. The Morgan fingerprint density at radius 1 is 1.14 bits per heavy atom. The lowest BCUT2D eigenvalue weighted by Gasteiger charge is -2.21. The Bertz CT molecular complexity index is 599. The molecule has 21 heavy (non-hydrogen) atoms. The van der Waals surface area contributed by atoms with Gasteiger partial charge in [-0.3, -0.25) is 4.68 Å². The highest BCUT2D eigenvalue weighted by atomic mass is 15.2. The first-order valence-electron chi connectivity index (χ1n) is 7.34. The maximum absolute atomic E-state index is 4.64. The van der Waals surface area contributed by atoms with Crippen molar-refractivity contribution < 1.29 is 0 Å². The Morgan fingerprint density at radius 2 is 1.76 bits per heavy atom. The Labute approximate surface area is 126 Å². The van der Waals surface area contributed by atoms with Crippen molar-refractivity contribution in [1.29, 1.82) is 0 Å². The third kappa shape index (κ3) is 4.11. The third-order valence-electron chi connectivity index (χ3n) is 3.41. The molecular formula is C16H25N5. The third-order valence-corrected chi connectivity index (χ3v) is 3.41. The van der Waals surface area contributed by atoms with Crippen LogP contribution in [0, 0.1) is 13.8 Å². The molecule has 1 N–H and O–H groups in total. The molecule has 0 spiro atoms. The van der Waals surface area contributed by atoms with Gasteiger partial charge in [0.05, 0.1) is 11.8 Å². The standard InChI is InChI=1S/C16H25N5/c1-11-14(7-8-17-16(3,4)5)12(2)20-15(19-11)13-9-18-21(6)10-13/h9-10,17H,7-8H2,1-6H3. The number of hydrogen-bond donors (Lipinski definition) is 1. The van der Waals surface area contributed by atoms with Crippen LogP contribution in [-0.4, -0.2) is 31.8 Å². The van der Waals surface area contributed by atoms with Crippen LogP contribution in [0.4, 0.5) is 0 Å². The molecule has 0 fully saturated rings. The van der Waals surface area contributed by atoms with E-state index < -0.39 is 0 Å². The zero-order chi connectivity index (χ0) is 15.6. The Hall–Kier alpha value is -1.75. The van der Waals surface area contributed by atoms with Crippen LogP contribution in [0.1, 0.15) is 37.7 Å². The number of hydrogen-bond acceptors (Lipinski definition) is 4. The first kappa shape index (κ1) is 15.6. The highest BCUT2D eigenvalue weighted by molar-refractivity contribution is 5.53. The average Bonchev–Trinajstić information content (AvgIpc) is 2.78. The second-order valence-corrected chi connectivity index (χ2v) is 6.53. The van der Waals surface area contributed by atoms with Crippen molar-refractivity contribution in [3.05, 3.63) is 29.3 Å². The second-order valence-electron chi connectivity index (χ2n) is 6.53. The van der Waals surface area contributed by atoms with Gasteiger partial charge in [-0.1, -0.05) is 0 Å². The molecule has 2 heterocycles. The Balaban J connectivity index is 2.18. The fourth-order valence-corrected chi connectivity index (χ4v) is 2.33. The molecule has 0 aliphatic heterocycles. The van der Waals surface area contributed by atoms with Gasteiger partial charge in [-0.25, -0.2) is 9.97 Å². The quantitative estimate of drug-likeness (QED) is 0.938. The number of rotatable bonds is 4. The molecule has 5 nitrogen and oxygen atoms in total. The van der Waals surface area contributed by atoms with Gasteiger partial charge >= 0.3 is 0 Å². The zero-order valence-electron chi connectivity index (χ0n) is 13.9. The van der Waals surface area contributed by atoms with E-state index in [1.165, 1.54) is 5.56 Å². The van der Waals surface area contributed by atoms with E-state index in [0.29, 0.717) is 0 Å². The molecule has 0 aromatic carbocycles. The van der Waals surface area contributed by atoms with Crippen LogP contribution in [0.3, 0.4) is 0 Å². The highest BCUT2D eigenvalue weighted by Crippen LogP contribution is 2.18. The molecule has 0 amide bonds. The lowest BCUT2D eigenvalue weighted by atomic mass is 10.1. The number of aromatic nitrogens is 4. The van der Waals surface area contributed by atoms with E-state index in [0.717, 1.165) is 35.7 Å². The SMILES string of the molecule is Cc1nc(-c2cnn(C)c2)nc(C)c1CCNC(C)(C)C. The van der Waals surface area contributed by atoms with Crippen molar-refractivity contribution in [2.45, 2.75) is 46.6 Å². The van der Waals surface area contributed by atoms with E-state index in [9.17, 15) is 0 Å². The molecular weight excluding hydrogens is 262 g/mol. The summed E-state index contributed by atoms with van der Waals surface area (Å²) in [7, 11) is 1.90. The Kier molecular flexibility index (Phi) is 4.42. The Morgan fingerprint density at radius 3 is 2.24 bits per heavy atom. The van der Waals surface area contributed by atoms with Crippen LogP contribution in [0.25, 0.3) is 11.4 Å². The summed E-state index contributed by atoms with van der Waals surface area (Å²) in [5, 5.41) is 7.68. The molecule has 0 aliphatic carbocycles. The largest absolute Gasteiger partial charge is 0.312 e. The number of aryl methyl sites for hydroxylation is 3. The minimum atomic E-state index is 0.137. The van der Waals surface area contributed by atoms with Gasteiger partial charge in [0.15, 0.2) is 5.82 Å². The van der Waals surface area contributed by atoms with E-state index in [-0.39, 0.29) is 5.54 Å². The summed E-state index contributed by atoms with van der Waals surface area (Å²) in [5.74, 6) is 0.755. The lowest BCUT2D eigenvalue weighted by Crippen LogP contribution is -2.37. The summed E-state index contributed by atoms with van der Waals surface area (Å²) in [6, 6.07) is 0. The molecule has 0 unspecified atom stereocenters. The van der Waals surface area contributed by atoms with Crippen LogP contribution in [0.15, 0.2) is 12.4 Å². The van der Waals surface area contributed by atoms with Crippen LogP contribution < -0.4 is 5.32 Å². The van der Waals surface area contributed by atoms with Gasteiger partial charge in [0.1, 0.15) is 0 Å². The average molecular weight is 287 g/mol. The van der Waals surface area contributed by atoms with Crippen LogP contribution in [-0.2, 0) is 13.5 Å². The smallest absolute Gasteiger partial charge is 0.162 e. The normalized spacial score (nSPS) is 11.9. The van der Waals surface area contributed by atoms with Gasteiger partial charge in [-0.2, -0.15) is 5.10 Å². The minimum Gasteiger partial charge on any atom is -0.312 e. The van der Waals surface area contributed by atoms with Crippen molar-refractivity contribution >= 4 is 0 Å². The molecule has 0 saturated carbocycles. The van der Waals surface area contributed by atoms with Gasteiger partial charge in [0.2, 0.25) is 0 Å². The number of nitrogens with zero attached hydrogens (tertiary/aromatic N) is 4. The molecule has 0 bridgehead atoms. The molecule has 0 radical (unpaired) electrons. The van der Waals surface area contributed by atoms with Crippen molar-refractivity contribution in [1.82, 2.24) is 25.1 Å². The van der Waals surface area contributed by atoms with E-state index >= 15 is 0 Å². The van der Waals surface area contributed by atoms with Crippen LogP contribution in [0.2, 0.25) is 0 Å². The summed E-state index contributed by atoms with van der Waals surface area (Å²) in [6.07, 6.45) is 4.69. The van der Waals surface area contributed by atoms with Gasteiger partial charge in [0.25, 0.3) is 0 Å². The van der Waals surface area contributed by atoms with E-state index in [4.69, 9.17) is 0 Å². The fourth-order valence-electron chi connectivity index (χ4n) is 2.33. The topological polar surface area (TPSA) is 55.6 Å². The van der Waals surface area contributed by atoms with Crippen molar-refractivity contribution in [2.24, 2.45) is 7.05 Å². The number of nitrogens with one attached hydrogen (secondary N) is 1. The van der Waals surface area contributed by atoms with Crippen molar-refractivity contribution in [3.63, 3.8) is 0 Å². The van der Waals surface area contributed by atoms with E-state index in [1.54, 1.807) is 10.9 Å². The molecule has 5 heteroatoms. The summed E-state index contributed by atoms with van der Waals surface area (Å²) in [6.45, 7) is 11.6. The highest BCUT2D eigenvalue weighted by Gasteiger charge is 2.13. The van der Waals surface area contributed by atoms with Gasteiger partial charge < -0.3 is 5.32 Å². The molecule has 114 valence electrons. The minimum absolute atomic E-state index is 0.137. The monoisotopic (exact) mass is 287 g/mol.